The molecule has 0 fully saturated rings. The van der Waals surface area contributed by atoms with E-state index in [-0.39, 0.29) is 0 Å². The summed E-state index contributed by atoms with van der Waals surface area (Å²) < 4.78 is 0. The van der Waals surface area contributed by atoms with E-state index >= 15 is 0 Å². The summed E-state index contributed by atoms with van der Waals surface area (Å²) in [5, 5.41) is 2.52. The van der Waals surface area contributed by atoms with Crippen molar-refractivity contribution in [2.24, 2.45) is 0 Å². The highest BCUT2D eigenvalue weighted by molar-refractivity contribution is 5.88. The molecule has 0 aliphatic carbocycles. The molecule has 10 aromatic carbocycles. The third-order valence-corrected chi connectivity index (χ3v) is 11.2. The Hall–Kier alpha value is -7.74. The van der Waals surface area contributed by atoms with Crippen molar-refractivity contribution in [3.63, 3.8) is 0 Å². The van der Waals surface area contributed by atoms with Gasteiger partial charge in [-0.2, -0.15) is 0 Å². The van der Waals surface area contributed by atoms with E-state index in [4.69, 9.17) is 0 Å². The molecule has 0 saturated heterocycles. The van der Waals surface area contributed by atoms with Crippen molar-refractivity contribution in [3.8, 4) is 66.8 Å². The molecule has 1 heteroatoms. The molecular formula is C58H41N. The Labute approximate surface area is 346 Å². The minimum Gasteiger partial charge on any atom is -0.311 e. The number of anilines is 3. The van der Waals surface area contributed by atoms with Crippen molar-refractivity contribution in [2.75, 3.05) is 4.90 Å². The second-order valence-electron chi connectivity index (χ2n) is 15.0. The highest BCUT2D eigenvalue weighted by Crippen LogP contribution is 2.39. The van der Waals surface area contributed by atoms with Crippen molar-refractivity contribution < 1.29 is 0 Å². The van der Waals surface area contributed by atoms with Gasteiger partial charge in [0.25, 0.3) is 0 Å². The lowest BCUT2D eigenvalue weighted by Gasteiger charge is -2.26. The number of hydrogen-bond acceptors (Lipinski definition) is 1. The molecule has 0 unspecified atom stereocenters. The Kier molecular flexibility index (Phi) is 9.68. The van der Waals surface area contributed by atoms with Crippen LogP contribution in [0.5, 0.6) is 0 Å². The molecule has 0 amide bonds. The minimum atomic E-state index is 1.10. The molecule has 0 heterocycles. The fraction of sp³-hybridized carbons (Fsp3) is 0. The van der Waals surface area contributed by atoms with E-state index in [2.05, 4.69) is 254 Å². The van der Waals surface area contributed by atoms with E-state index in [0.717, 1.165) is 17.1 Å². The Morgan fingerprint density at radius 2 is 0.475 bits per heavy atom. The van der Waals surface area contributed by atoms with Crippen LogP contribution in [-0.2, 0) is 0 Å². The maximum Gasteiger partial charge on any atom is 0.0462 e. The van der Waals surface area contributed by atoms with Crippen LogP contribution in [0.25, 0.3) is 77.5 Å². The van der Waals surface area contributed by atoms with Crippen LogP contribution in [-0.4, -0.2) is 0 Å². The van der Waals surface area contributed by atoms with Gasteiger partial charge in [-0.3, -0.25) is 0 Å². The van der Waals surface area contributed by atoms with Crippen LogP contribution in [0.3, 0.4) is 0 Å². The minimum absolute atomic E-state index is 1.10. The van der Waals surface area contributed by atoms with Crippen molar-refractivity contribution in [1.29, 1.82) is 0 Å². The quantitative estimate of drug-likeness (QED) is 0.142. The van der Waals surface area contributed by atoms with Crippen molar-refractivity contribution in [1.82, 2.24) is 0 Å². The number of benzene rings is 10. The SMILES string of the molecule is c1ccc(-c2cc(-c3ccccc3)cc(-c3ccc(N(c4ccccc4)c4ccc(-c5ccc(-c6cccc(-c7ccc8ccccc8c7)c6)cc5)cc4)cc3)c2)cc1. The predicted molar refractivity (Wildman–Crippen MR) is 251 cm³/mol. The van der Waals surface area contributed by atoms with Crippen LogP contribution in [0.1, 0.15) is 0 Å². The van der Waals surface area contributed by atoms with Crippen LogP contribution in [0.2, 0.25) is 0 Å². The van der Waals surface area contributed by atoms with Crippen molar-refractivity contribution in [3.05, 3.63) is 249 Å². The van der Waals surface area contributed by atoms with E-state index < -0.39 is 0 Å². The Morgan fingerprint density at radius 1 is 0.169 bits per heavy atom. The number of nitrogens with zero attached hydrogens (tertiary/aromatic N) is 1. The highest BCUT2D eigenvalue weighted by atomic mass is 15.1. The summed E-state index contributed by atoms with van der Waals surface area (Å²) in [5.74, 6) is 0. The number of fused-ring (bicyclic) bond motifs is 1. The van der Waals surface area contributed by atoms with Crippen molar-refractivity contribution in [2.45, 2.75) is 0 Å². The molecule has 10 rings (SSSR count). The second-order valence-corrected chi connectivity index (χ2v) is 15.0. The van der Waals surface area contributed by atoms with Gasteiger partial charge in [-0.05, 0) is 144 Å². The van der Waals surface area contributed by atoms with E-state index in [1.807, 2.05) is 0 Å². The largest absolute Gasteiger partial charge is 0.311 e. The van der Waals surface area contributed by atoms with Gasteiger partial charge < -0.3 is 4.90 Å². The molecule has 278 valence electrons. The maximum atomic E-state index is 2.33. The molecule has 0 aromatic heterocycles. The van der Waals surface area contributed by atoms with Crippen LogP contribution < -0.4 is 4.90 Å². The first-order valence-corrected chi connectivity index (χ1v) is 20.2. The fourth-order valence-electron chi connectivity index (χ4n) is 8.12. The van der Waals surface area contributed by atoms with Crippen LogP contribution in [0.4, 0.5) is 17.1 Å². The average Bonchev–Trinajstić information content (AvgIpc) is 3.33. The van der Waals surface area contributed by atoms with E-state index in [1.165, 1.54) is 77.5 Å². The molecular weight excluding hydrogens is 711 g/mol. The standard InChI is InChI=1S/C58H41N/c1-4-13-42(14-5-1)53-39-54(43-15-6-2-7-16-43)41-55(40-53)48-31-35-58(36-32-48)59(56-21-8-3-9-22-56)57-33-29-46(30-34-57)45-23-25-47(26-24-45)50-19-12-20-51(37-50)52-28-27-44-17-10-11-18-49(44)38-52/h1-41H. The summed E-state index contributed by atoms with van der Waals surface area (Å²) in [6.07, 6.45) is 0. The van der Waals surface area contributed by atoms with Gasteiger partial charge in [-0.1, -0.05) is 182 Å². The summed E-state index contributed by atoms with van der Waals surface area (Å²) in [7, 11) is 0. The Bertz CT molecular complexity index is 2930. The molecule has 10 aromatic rings. The highest BCUT2D eigenvalue weighted by Gasteiger charge is 2.14. The third-order valence-electron chi connectivity index (χ3n) is 11.2. The van der Waals surface area contributed by atoms with Gasteiger partial charge in [0.1, 0.15) is 0 Å². The van der Waals surface area contributed by atoms with Gasteiger partial charge >= 0.3 is 0 Å². The lowest BCUT2D eigenvalue weighted by Crippen LogP contribution is -2.09. The first-order valence-electron chi connectivity index (χ1n) is 20.2. The summed E-state index contributed by atoms with van der Waals surface area (Å²) in [6.45, 7) is 0. The van der Waals surface area contributed by atoms with Gasteiger partial charge in [0.05, 0.1) is 0 Å². The van der Waals surface area contributed by atoms with Crippen molar-refractivity contribution >= 4 is 27.8 Å². The third kappa shape index (κ3) is 7.58. The monoisotopic (exact) mass is 751 g/mol. The Balaban J connectivity index is 0.925. The molecule has 0 atom stereocenters. The second kappa shape index (κ2) is 16.0. The topological polar surface area (TPSA) is 3.24 Å². The smallest absolute Gasteiger partial charge is 0.0462 e. The zero-order valence-electron chi connectivity index (χ0n) is 32.6. The van der Waals surface area contributed by atoms with Gasteiger partial charge in [0.15, 0.2) is 0 Å². The van der Waals surface area contributed by atoms with Crippen LogP contribution in [0, 0.1) is 0 Å². The molecule has 0 N–H and O–H groups in total. The zero-order valence-corrected chi connectivity index (χ0v) is 32.6. The normalized spacial score (nSPS) is 11.1. The van der Waals surface area contributed by atoms with Crippen LogP contribution in [0.15, 0.2) is 249 Å². The summed E-state index contributed by atoms with van der Waals surface area (Å²) >= 11 is 0. The summed E-state index contributed by atoms with van der Waals surface area (Å²) in [6, 6.07) is 89.7. The van der Waals surface area contributed by atoms with Gasteiger partial charge in [0.2, 0.25) is 0 Å². The Morgan fingerprint density at radius 3 is 1.00 bits per heavy atom. The van der Waals surface area contributed by atoms with E-state index in [9.17, 15) is 0 Å². The fourth-order valence-corrected chi connectivity index (χ4v) is 8.12. The molecule has 0 spiro atoms. The van der Waals surface area contributed by atoms with Gasteiger partial charge in [0, 0.05) is 17.1 Å². The first-order chi connectivity index (χ1) is 29.2. The summed E-state index contributed by atoms with van der Waals surface area (Å²) in [5.41, 5.74) is 17.8. The molecule has 0 aliphatic heterocycles. The van der Waals surface area contributed by atoms with E-state index in [0.29, 0.717) is 0 Å². The van der Waals surface area contributed by atoms with E-state index in [1.54, 1.807) is 0 Å². The lowest BCUT2D eigenvalue weighted by molar-refractivity contribution is 1.28. The molecule has 0 bridgehead atoms. The number of rotatable bonds is 9. The molecule has 0 radical (unpaired) electrons. The van der Waals surface area contributed by atoms with Gasteiger partial charge in [-0.15, -0.1) is 0 Å². The molecule has 0 saturated carbocycles. The number of hydrogen-bond donors (Lipinski definition) is 0. The molecule has 59 heavy (non-hydrogen) atoms. The zero-order chi connectivity index (χ0) is 39.4. The molecule has 0 aliphatic rings. The lowest BCUT2D eigenvalue weighted by atomic mass is 9.93. The first kappa shape index (κ1) is 35.7. The summed E-state index contributed by atoms with van der Waals surface area (Å²) in [4.78, 5) is 2.33. The van der Waals surface area contributed by atoms with Gasteiger partial charge in [-0.25, -0.2) is 0 Å². The number of para-hydroxylation sites is 1. The predicted octanol–water partition coefficient (Wildman–Crippen LogP) is 16.3. The van der Waals surface area contributed by atoms with Crippen LogP contribution >= 0.6 is 0 Å². The average molecular weight is 752 g/mol. The molecule has 1 nitrogen and oxygen atoms in total. The maximum absolute atomic E-state index is 2.33.